The second-order valence-electron chi connectivity index (χ2n) is 4.73. The Kier molecular flexibility index (Phi) is 4.94. The molecule has 0 spiro atoms. The van der Waals surface area contributed by atoms with Gasteiger partial charge in [0, 0.05) is 5.56 Å². The van der Waals surface area contributed by atoms with E-state index in [4.69, 9.17) is 4.74 Å². The quantitative estimate of drug-likeness (QED) is 0.614. The first kappa shape index (κ1) is 15.3. The zero-order valence-electron chi connectivity index (χ0n) is 12.7. The van der Waals surface area contributed by atoms with Crippen molar-refractivity contribution in [1.82, 2.24) is 19.8 Å². The van der Waals surface area contributed by atoms with E-state index in [0.29, 0.717) is 6.61 Å². The molecule has 116 valence electrons. The summed E-state index contributed by atoms with van der Waals surface area (Å²) in [6.07, 6.45) is 1.17. The highest BCUT2D eigenvalue weighted by Gasteiger charge is 2.12. The lowest BCUT2D eigenvalue weighted by molar-refractivity contribution is 0.340. The average molecular weight is 334 g/mol. The molecule has 3 aromatic rings. The maximum Gasteiger partial charge on any atom is 0.235 e. The Morgan fingerprint density at radius 2 is 2.00 bits per heavy atom. The molecule has 7 heteroatoms. The van der Waals surface area contributed by atoms with E-state index in [9.17, 15) is 0 Å². The van der Waals surface area contributed by atoms with E-state index in [1.54, 1.807) is 11.3 Å². The van der Waals surface area contributed by atoms with Gasteiger partial charge >= 0.3 is 0 Å². The summed E-state index contributed by atoms with van der Waals surface area (Å²) >= 11 is 3.42. The molecule has 22 heavy (non-hydrogen) atoms. The summed E-state index contributed by atoms with van der Waals surface area (Å²) in [6.45, 7) is 4.84. The van der Waals surface area contributed by atoms with Crippen LogP contribution in [0.1, 0.15) is 26.1 Å². The van der Waals surface area contributed by atoms with E-state index in [-0.39, 0.29) is 0 Å². The van der Waals surface area contributed by atoms with Crippen LogP contribution in [0.25, 0.3) is 15.5 Å². The van der Waals surface area contributed by atoms with Gasteiger partial charge in [-0.15, -0.1) is 10.2 Å². The van der Waals surface area contributed by atoms with Crippen LogP contribution in [0.3, 0.4) is 0 Å². The predicted molar refractivity (Wildman–Crippen MR) is 91.7 cm³/mol. The third kappa shape index (κ3) is 3.25. The van der Waals surface area contributed by atoms with Crippen molar-refractivity contribution in [1.29, 1.82) is 0 Å². The summed E-state index contributed by atoms with van der Waals surface area (Å²) in [5.41, 5.74) is 1.08. The topological polar surface area (TPSA) is 52.3 Å². The van der Waals surface area contributed by atoms with Crippen LogP contribution in [0, 0.1) is 0 Å². The lowest BCUT2D eigenvalue weighted by atomic mass is 10.2. The highest BCUT2D eigenvalue weighted by molar-refractivity contribution is 7.98. The summed E-state index contributed by atoms with van der Waals surface area (Å²) in [4.78, 5) is 0.844. The van der Waals surface area contributed by atoms with Gasteiger partial charge in [0.2, 0.25) is 4.96 Å². The maximum atomic E-state index is 5.47. The lowest BCUT2D eigenvalue weighted by Gasteiger charge is -2.02. The molecule has 2 aromatic heterocycles. The van der Waals surface area contributed by atoms with Gasteiger partial charge in [-0.05, 0) is 43.4 Å². The molecule has 0 saturated carbocycles. The Morgan fingerprint density at radius 1 is 1.18 bits per heavy atom. The molecule has 3 rings (SSSR count). The van der Waals surface area contributed by atoms with Gasteiger partial charge in [0.1, 0.15) is 10.8 Å². The molecule has 0 amide bonds. The van der Waals surface area contributed by atoms with E-state index < -0.39 is 0 Å². The summed E-state index contributed by atoms with van der Waals surface area (Å²) in [7, 11) is 0. The first-order valence-corrected chi connectivity index (χ1v) is 9.31. The van der Waals surface area contributed by atoms with E-state index in [2.05, 4.69) is 22.2 Å². The highest BCUT2D eigenvalue weighted by Crippen LogP contribution is 2.27. The third-order valence-electron chi connectivity index (χ3n) is 3.05. The Hall–Kier alpha value is -1.60. The van der Waals surface area contributed by atoms with Gasteiger partial charge in [-0.2, -0.15) is 21.4 Å². The van der Waals surface area contributed by atoms with Crippen LogP contribution in [0.4, 0.5) is 0 Å². The molecule has 0 radical (unpaired) electrons. The average Bonchev–Trinajstić information content (AvgIpc) is 3.10. The zero-order valence-corrected chi connectivity index (χ0v) is 14.3. The lowest BCUT2D eigenvalue weighted by Crippen LogP contribution is -1.94. The molecule has 0 atom stereocenters. The molecular formula is C15H18N4OS2. The number of thioether (sulfide) groups is 1. The first-order valence-electron chi connectivity index (χ1n) is 7.34. The molecule has 0 N–H and O–H groups in total. The first-order chi connectivity index (χ1) is 10.8. The van der Waals surface area contributed by atoms with Gasteiger partial charge in [-0.3, -0.25) is 0 Å². The fourth-order valence-electron chi connectivity index (χ4n) is 2.03. The van der Waals surface area contributed by atoms with Crippen molar-refractivity contribution in [3.8, 4) is 16.3 Å². The fourth-order valence-corrected chi connectivity index (χ4v) is 3.69. The second-order valence-corrected chi connectivity index (χ2v) is 6.79. The minimum atomic E-state index is 0.675. The van der Waals surface area contributed by atoms with Crippen molar-refractivity contribution in [2.24, 2.45) is 0 Å². The number of ether oxygens (including phenoxy) is 1. The molecule has 5 nitrogen and oxygen atoms in total. The number of fused-ring (bicyclic) bond motifs is 1. The van der Waals surface area contributed by atoms with Crippen LogP contribution in [0.15, 0.2) is 24.3 Å². The van der Waals surface area contributed by atoms with Gasteiger partial charge < -0.3 is 4.74 Å². The number of hydrogen-bond acceptors (Lipinski definition) is 6. The Balaban J connectivity index is 1.82. The Labute approximate surface area is 137 Å². The monoisotopic (exact) mass is 334 g/mol. The standard InChI is InChI=1S/C15H18N4OS2/c1-3-9-21-10-13-16-17-15-19(13)18-14(22-15)11-5-7-12(8-6-11)20-4-2/h5-8H,3-4,9-10H2,1-2H3. The van der Waals surface area contributed by atoms with E-state index >= 15 is 0 Å². The van der Waals surface area contributed by atoms with E-state index in [0.717, 1.165) is 38.6 Å². The van der Waals surface area contributed by atoms with Crippen LogP contribution in [-0.2, 0) is 5.75 Å². The molecule has 0 unspecified atom stereocenters. The summed E-state index contributed by atoms with van der Waals surface area (Å²) in [6, 6.07) is 8.00. The van der Waals surface area contributed by atoms with Crippen LogP contribution in [0.5, 0.6) is 5.75 Å². The van der Waals surface area contributed by atoms with E-state index in [1.807, 2.05) is 47.5 Å². The van der Waals surface area contributed by atoms with Gasteiger partial charge in [0.05, 0.1) is 12.4 Å². The maximum absolute atomic E-state index is 5.47. The van der Waals surface area contributed by atoms with Crippen molar-refractivity contribution >= 4 is 28.1 Å². The van der Waals surface area contributed by atoms with Crippen molar-refractivity contribution in [3.05, 3.63) is 30.1 Å². The predicted octanol–water partition coefficient (Wildman–Crippen LogP) is 3.89. The van der Waals surface area contributed by atoms with Crippen molar-refractivity contribution < 1.29 is 4.74 Å². The van der Waals surface area contributed by atoms with Crippen LogP contribution >= 0.6 is 23.1 Å². The smallest absolute Gasteiger partial charge is 0.235 e. The Bertz CT molecular complexity index is 736. The molecule has 0 bridgehead atoms. The summed E-state index contributed by atoms with van der Waals surface area (Å²) in [5.74, 6) is 3.78. The SMILES string of the molecule is CCCSCc1nnc2sc(-c3ccc(OCC)cc3)nn12. The van der Waals surface area contributed by atoms with Crippen molar-refractivity contribution in [3.63, 3.8) is 0 Å². The molecule has 0 saturated heterocycles. The molecule has 0 aliphatic heterocycles. The number of hydrogen-bond donors (Lipinski definition) is 0. The molecule has 1 aromatic carbocycles. The van der Waals surface area contributed by atoms with E-state index in [1.165, 1.54) is 6.42 Å². The zero-order chi connectivity index (χ0) is 15.4. The Morgan fingerprint density at radius 3 is 2.73 bits per heavy atom. The number of benzene rings is 1. The van der Waals surface area contributed by atoms with Gasteiger partial charge in [-0.1, -0.05) is 18.3 Å². The van der Waals surface area contributed by atoms with Gasteiger partial charge in [-0.25, -0.2) is 0 Å². The molecular weight excluding hydrogens is 316 g/mol. The van der Waals surface area contributed by atoms with Crippen LogP contribution in [0.2, 0.25) is 0 Å². The van der Waals surface area contributed by atoms with Crippen LogP contribution in [-0.4, -0.2) is 32.2 Å². The number of aromatic nitrogens is 4. The molecule has 0 aliphatic rings. The molecule has 0 fully saturated rings. The normalized spacial score (nSPS) is 11.2. The molecule has 2 heterocycles. The second kappa shape index (κ2) is 7.11. The van der Waals surface area contributed by atoms with Crippen molar-refractivity contribution in [2.45, 2.75) is 26.0 Å². The van der Waals surface area contributed by atoms with Crippen molar-refractivity contribution in [2.75, 3.05) is 12.4 Å². The van der Waals surface area contributed by atoms with Crippen LogP contribution < -0.4 is 4.74 Å². The number of nitrogens with zero attached hydrogens (tertiary/aromatic N) is 4. The highest BCUT2D eigenvalue weighted by atomic mass is 32.2. The fraction of sp³-hybridized carbons (Fsp3) is 0.400. The summed E-state index contributed by atoms with van der Waals surface area (Å²) < 4.78 is 7.33. The van der Waals surface area contributed by atoms with Gasteiger partial charge in [0.25, 0.3) is 0 Å². The largest absolute Gasteiger partial charge is 0.494 e. The summed E-state index contributed by atoms with van der Waals surface area (Å²) in [5, 5.41) is 14.0. The minimum absolute atomic E-state index is 0.675. The number of rotatable bonds is 7. The molecule has 0 aliphatic carbocycles. The minimum Gasteiger partial charge on any atom is -0.494 e. The van der Waals surface area contributed by atoms with Gasteiger partial charge in [0.15, 0.2) is 5.82 Å². The third-order valence-corrected chi connectivity index (χ3v) is 5.15.